The highest BCUT2D eigenvalue weighted by Crippen LogP contribution is 2.10. The van der Waals surface area contributed by atoms with Gasteiger partial charge < -0.3 is 0 Å². The van der Waals surface area contributed by atoms with Gasteiger partial charge in [0.05, 0.1) is 0 Å². The Morgan fingerprint density at radius 3 is 2.44 bits per heavy atom. The van der Waals surface area contributed by atoms with Crippen molar-refractivity contribution in [3.05, 3.63) is 34.9 Å². The van der Waals surface area contributed by atoms with Crippen LogP contribution in [-0.4, -0.2) is 11.8 Å². The molecule has 0 bridgehead atoms. The molecule has 4 heteroatoms. The average molecular weight is 248 g/mol. The first-order valence-corrected chi connectivity index (χ1v) is 6.06. The summed E-state index contributed by atoms with van der Waals surface area (Å²) in [6.07, 6.45) is 0.396. The number of aryl methyl sites for hydroxylation is 2. The van der Waals surface area contributed by atoms with Gasteiger partial charge >= 0.3 is 0 Å². The number of hydrazine groups is 1. The minimum atomic E-state index is -0.284. The maximum Gasteiger partial charge on any atom is 0.269 e. The van der Waals surface area contributed by atoms with Crippen molar-refractivity contribution in [1.82, 2.24) is 10.9 Å². The molecule has 0 aromatic heterocycles. The first-order valence-electron chi connectivity index (χ1n) is 6.06. The Labute approximate surface area is 108 Å². The van der Waals surface area contributed by atoms with E-state index >= 15 is 0 Å². The zero-order chi connectivity index (χ0) is 13.7. The molecule has 98 valence electrons. The lowest BCUT2D eigenvalue weighted by molar-refractivity contribution is -0.122. The Kier molecular flexibility index (Phi) is 4.89. The molecule has 1 aromatic rings. The number of carbonyl (C=O) groups is 2. The molecule has 0 radical (unpaired) electrons. The number of hydrogen-bond donors (Lipinski definition) is 2. The molecule has 0 fully saturated rings. The van der Waals surface area contributed by atoms with Crippen LogP contribution < -0.4 is 10.9 Å². The molecule has 0 aliphatic rings. The van der Waals surface area contributed by atoms with E-state index in [0.717, 1.165) is 11.1 Å². The van der Waals surface area contributed by atoms with E-state index in [1.165, 1.54) is 0 Å². The van der Waals surface area contributed by atoms with Crippen molar-refractivity contribution in [3.63, 3.8) is 0 Å². The van der Waals surface area contributed by atoms with E-state index in [1.54, 1.807) is 6.07 Å². The predicted octanol–water partition coefficient (Wildman–Crippen LogP) is 2.11. The van der Waals surface area contributed by atoms with Crippen LogP contribution in [-0.2, 0) is 4.79 Å². The minimum Gasteiger partial charge on any atom is -0.273 e. The van der Waals surface area contributed by atoms with E-state index in [2.05, 4.69) is 10.9 Å². The average Bonchev–Trinajstić information content (AvgIpc) is 2.28. The maximum absolute atomic E-state index is 11.9. The smallest absolute Gasteiger partial charge is 0.269 e. The van der Waals surface area contributed by atoms with Gasteiger partial charge in [-0.05, 0) is 31.4 Å². The number of nitrogens with one attached hydrogen (secondary N) is 2. The van der Waals surface area contributed by atoms with Gasteiger partial charge in [0.1, 0.15) is 0 Å². The quantitative estimate of drug-likeness (QED) is 0.805. The molecule has 4 nitrogen and oxygen atoms in total. The van der Waals surface area contributed by atoms with Crippen LogP contribution in [0.2, 0.25) is 0 Å². The Balaban J connectivity index is 2.60. The van der Waals surface area contributed by atoms with Gasteiger partial charge in [0.15, 0.2) is 0 Å². The van der Waals surface area contributed by atoms with E-state index in [1.807, 2.05) is 39.8 Å². The number of rotatable bonds is 3. The summed E-state index contributed by atoms with van der Waals surface area (Å²) < 4.78 is 0. The third kappa shape index (κ3) is 4.20. The van der Waals surface area contributed by atoms with Gasteiger partial charge in [0.25, 0.3) is 5.91 Å². The van der Waals surface area contributed by atoms with Crippen LogP contribution in [0.3, 0.4) is 0 Å². The first-order chi connectivity index (χ1) is 8.40. The summed E-state index contributed by atoms with van der Waals surface area (Å²) in [7, 11) is 0. The number of amides is 2. The second kappa shape index (κ2) is 6.19. The van der Waals surface area contributed by atoms with Crippen LogP contribution in [0.25, 0.3) is 0 Å². The molecule has 2 N–H and O–H groups in total. The van der Waals surface area contributed by atoms with E-state index in [4.69, 9.17) is 0 Å². The fourth-order valence-corrected chi connectivity index (χ4v) is 1.60. The van der Waals surface area contributed by atoms with Gasteiger partial charge in [0, 0.05) is 12.0 Å². The highest BCUT2D eigenvalue weighted by molar-refractivity contribution is 5.96. The molecule has 0 aliphatic heterocycles. The third-order valence-corrected chi connectivity index (χ3v) is 2.55. The van der Waals surface area contributed by atoms with Gasteiger partial charge in [-0.1, -0.05) is 31.5 Å². The van der Waals surface area contributed by atoms with Crippen LogP contribution in [0.5, 0.6) is 0 Å². The molecule has 0 aliphatic carbocycles. The van der Waals surface area contributed by atoms with Crippen molar-refractivity contribution < 1.29 is 9.59 Å². The number of carbonyl (C=O) groups excluding carboxylic acids is 2. The van der Waals surface area contributed by atoms with Crippen molar-refractivity contribution in [2.24, 2.45) is 5.92 Å². The summed E-state index contributed by atoms with van der Waals surface area (Å²) in [4.78, 5) is 23.3. The largest absolute Gasteiger partial charge is 0.273 e. The first kappa shape index (κ1) is 14.2. The monoisotopic (exact) mass is 248 g/mol. The van der Waals surface area contributed by atoms with Crippen LogP contribution in [0.4, 0.5) is 0 Å². The summed E-state index contributed by atoms with van der Waals surface area (Å²) in [5.74, 6) is -0.195. The molecule has 0 saturated heterocycles. The topological polar surface area (TPSA) is 58.2 Å². The molecule has 18 heavy (non-hydrogen) atoms. The lowest BCUT2D eigenvalue weighted by atomic mass is 10.1. The van der Waals surface area contributed by atoms with E-state index in [0.29, 0.717) is 12.0 Å². The highest BCUT2D eigenvalue weighted by atomic mass is 16.2. The summed E-state index contributed by atoms with van der Waals surface area (Å²) in [5, 5.41) is 0. The van der Waals surface area contributed by atoms with Crippen LogP contribution in [0.1, 0.15) is 41.8 Å². The molecule has 2 amide bonds. The van der Waals surface area contributed by atoms with Gasteiger partial charge in [-0.25, -0.2) is 0 Å². The Morgan fingerprint density at radius 2 is 1.83 bits per heavy atom. The van der Waals surface area contributed by atoms with Gasteiger partial charge in [-0.15, -0.1) is 0 Å². The molecular weight excluding hydrogens is 228 g/mol. The van der Waals surface area contributed by atoms with E-state index in [9.17, 15) is 9.59 Å². The fraction of sp³-hybridized carbons (Fsp3) is 0.429. The van der Waals surface area contributed by atoms with Gasteiger partial charge in [-0.2, -0.15) is 0 Å². The van der Waals surface area contributed by atoms with Crippen molar-refractivity contribution in [2.75, 3.05) is 0 Å². The SMILES string of the molecule is Cc1ccc(C)c(C(=O)NNC(=O)CC(C)C)c1. The maximum atomic E-state index is 11.9. The van der Waals surface area contributed by atoms with E-state index < -0.39 is 0 Å². The van der Waals surface area contributed by atoms with Crippen molar-refractivity contribution in [2.45, 2.75) is 34.1 Å². The summed E-state index contributed by atoms with van der Waals surface area (Å²) in [6.45, 7) is 7.69. The van der Waals surface area contributed by atoms with Crippen LogP contribution in [0, 0.1) is 19.8 Å². The fourth-order valence-electron chi connectivity index (χ4n) is 1.60. The van der Waals surface area contributed by atoms with Gasteiger partial charge in [0.2, 0.25) is 5.91 Å². The Hall–Kier alpha value is -1.84. The van der Waals surface area contributed by atoms with E-state index in [-0.39, 0.29) is 17.7 Å². The van der Waals surface area contributed by atoms with Crippen LogP contribution >= 0.6 is 0 Å². The Morgan fingerprint density at radius 1 is 1.17 bits per heavy atom. The molecule has 0 spiro atoms. The predicted molar refractivity (Wildman–Crippen MR) is 71.0 cm³/mol. The number of benzene rings is 1. The standard InChI is InChI=1S/C14H20N2O2/c1-9(2)7-13(17)15-16-14(18)12-8-10(3)5-6-11(12)4/h5-6,8-9H,7H2,1-4H3,(H,15,17)(H,16,18). The molecule has 1 aromatic carbocycles. The molecule has 0 heterocycles. The second-order valence-electron chi connectivity index (χ2n) is 4.92. The molecule has 0 saturated carbocycles. The van der Waals surface area contributed by atoms with Crippen molar-refractivity contribution in [1.29, 1.82) is 0 Å². The van der Waals surface area contributed by atoms with Gasteiger partial charge in [-0.3, -0.25) is 20.4 Å². The zero-order valence-corrected chi connectivity index (χ0v) is 11.3. The lowest BCUT2D eigenvalue weighted by Crippen LogP contribution is -2.42. The molecular formula is C14H20N2O2. The summed E-state index contributed by atoms with van der Waals surface area (Å²) >= 11 is 0. The summed E-state index contributed by atoms with van der Waals surface area (Å²) in [5.41, 5.74) is 7.34. The summed E-state index contributed by atoms with van der Waals surface area (Å²) in [6, 6.07) is 5.64. The Bertz CT molecular complexity index is 453. The van der Waals surface area contributed by atoms with Crippen molar-refractivity contribution in [3.8, 4) is 0 Å². The normalized spacial score (nSPS) is 10.3. The minimum absolute atomic E-state index is 0.177. The molecule has 1 rings (SSSR count). The highest BCUT2D eigenvalue weighted by Gasteiger charge is 2.10. The zero-order valence-electron chi connectivity index (χ0n) is 11.3. The van der Waals surface area contributed by atoms with Crippen molar-refractivity contribution >= 4 is 11.8 Å². The molecule has 0 atom stereocenters. The van der Waals surface area contributed by atoms with Crippen LogP contribution in [0.15, 0.2) is 18.2 Å². The lowest BCUT2D eigenvalue weighted by Gasteiger charge is -2.10. The molecule has 0 unspecified atom stereocenters. The second-order valence-corrected chi connectivity index (χ2v) is 4.92. The number of hydrogen-bond acceptors (Lipinski definition) is 2. The third-order valence-electron chi connectivity index (χ3n) is 2.55.